The van der Waals surface area contributed by atoms with Crippen LogP contribution in [0.15, 0.2) is 85.1 Å². The third-order valence-electron chi connectivity index (χ3n) is 6.50. The zero-order valence-electron chi connectivity index (χ0n) is 20.9. The van der Waals surface area contributed by atoms with Gasteiger partial charge in [-0.3, -0.25) is 0 Å². The monoisotopic (exact) mass is 554 g/mol. The highest BCUT2D eigenvalue weighted by atomic mass is 32.1. The van der Waals surface area contributed by atoms with E-state index in [0.717, 1.165) is 30.2 Å². The molecule has 0 aliphatic carbocycles. The Kier molecular flexibility index (Phi) is 7.94. The predicted molar refractivity (Wildman–Crippen MR) is 146 cm³/mol. The summed E-state index contributed by atoms with van der Waals surface area (Å²) in [5, 5.41) is 7.74. The quantitative estimate of drug-likeness (QED) is 0.195. The molecule has 0 unspecified atom stereocenters. The number of hydrogen-bond donors (Lipinski definition) is 1. The van der Waals surface area contributed by atoms with E-state index in [-0.39, 0.29) is 29.3 Å². The molecule has 1 saturated heterocycles. The second-order valence-electron chi connectivity index (χ2n) is 9.28. The molecular formula is C29H26F4N4OS. The predicted octanol–water partition coefficient (Wildman–Crippen LogP) is 7.08. The highest BCUT2D eigenvalue weighted by Crippen LogP contribution is 2.35. The first kappa shape index (κ1) is 26.8. The molecule has 5 nitrogen and oxygen atoms in total. The molecule has 4 aromatic rings. The number of ether oxygens (including phenoxy) is 1. The van der Waals surface area contributed by atoms with Gasteiger partial charge in [-0.1, -0.05) is 30.3 Å². The fraction of sp³-hybridized carbons (Fsp3) is 0.241. The Balaban J connectivity index is 1.50. The van der Waals surface area contributed by atoms with Crippen molar-refractivity contribution in [1.29, 1.82) is 0 Å². The van der Waals surface area contributed by atoms with Crippen molar-refractivity contribution in [3.05, 3.63) is 102 Å². The van der Waals surface area contributed by atoms with Crippen molar-refractivity contribution in [2.75, 3.05) is 18.5 Å². The molecule has 1 fully saturated rings. The first-order chi connectivity index (χ1) is 18.8. The maximum atomic E-state index is 13.7. The molecule has 202 valence electrons. The van der Waals surface area contributed by atoms with Gasteiger partial charge in [-0.25, -0.2) is 9.07 Å². The largest absolute Gasteiger partial charge is 0.418 e. The standard InChI is InChI=1S/C29H26F4N4OS/c30-22-14-12-20(13-15-22)27-21(18-37(35-27)23-7-2-1-3-8-23)17-36(19-24-9-6-16-38-24)28(39)34-26-11-5-4-10-25(26)29(31,32)33/h1-5,7-8,10-15,18,24H,6,9,16-17,19H2,(H,34,39)/t24-/m0/s1. The van der Waals surface area contributed by atoms with Gasteiger partial charge >= 0.3 is 6.18 Å². The summed E-state index contributed by atoms with van der Waals surface area (Å²) in [6.45, 7) is 1.27. The van der Waals surface area contributed by atoms with Gasteiger partial charge in [0.05, 0.1) is 28.7 Å². The van der Waals surface area contributed by atoms with Crippen LogP contribution in [0, 0.1) is 5.82 Å². The number of para-hydroxylation sites is 2. The van der Waals surface area contributed by atoms with Crippen molar-refractivity contribution in [2.45, 2.75) is 31.7 Å². The Morgan fingerprint density at radius 1 is 1.03 bits per heavy atom. The van der Waals surface area contributed by atoms with Crippen LogP contribution in [-0.2, 0) is 17.5 Å². The molecule has 0 radical (unpaired) electrons. The summed E-state index contributed by atoms with van der Waals surface area (Å²) in [6.07, 6.45) is -1.05. The average molecular weight is 555 g/mol. The van der Waals surface area contributed by atoms with E-state index in [1.807, 2.05) is 36.5 Å². The minimum absolute atomic E-state index is 0.110. The topological polar surface area (TPSA) is 42.3 Å². The number of benzene rings is 3. The van der Waals surface area contributed by atoms with Crippen molar-refractivity contribution in [3.8, 4) is 16.9 Å². The minimum atomic E-state index is -4.54. The molecule has 0 saturated carbocycles. The number of anilines is 1. The average Bonchev–Trinajstić information content (AvgIpc) is 3.59. The van der Waals surface area contributed by atoms with E-state index in [4.69, 9.17) is 22.1 Å². The summed E-state index contributed by atoms with van der Waals surface area (Å²) in [7, 11) is 0. The lowest BCUT2D eigenvalue weighted by molar-refractivity contribution is -0.136. The number of halogens is 4. The number of hydrogen-bond acceptors (Lipinski definition) is 3. The van der Waals surface area contributed by atoms with Crippen molar-refractivity contribution >= 4 is 23.0 Å². The number of rotatable bonds is 7. The summed E-state index contributed by atoms with van der Waals surface area (Å²) in [5.41, 5.74) is 2.02. The van der Waals surface area contributed by atoms with Crippen LogP contribution in [0.3, 0.4) is 0 Å². The van der Waals surface area contributed by atoms with E-state index >= 15 is 0 Å². The first-order valence-corrected chi connectivity index (χ1v) is 12.9. The number of nitrogens with one attached hydrogen (secondary N) is 1. The number of alkyl halides is 3. The molecule has 1 aromatic heterocycles. The lowest BCUT2D eigenvalue weighted by Crippen LogP contribution is -2.39. The normalized spacial score (nSPS) is 15.3. The van der Waals surface area contributed by atoms with Crippen molar-refractivity contribution < 1.29 is 22.3 Å². The van der Waals surface area contributed by atoms with Crippen LogP contribution in [0.2, 0.25) is 0 Å². The van der Waals surface area contributed by atoms with E-state index in [1.165, 1.54) is 30.3 Å². The molecule has 2 heterocycles. The van der Waals surface area contributed by atoms with Gasteiger partial charge in [-0.15, -0.1) is 0 Å². The van der Waals surface area contributed by atoms with Crippen LogP contribution in [0.1, 0.15) is 24.0 Å². The van der Waals surface area contributed by atoms with E-state index in [9.17, 15) is 17.6 Å². The van der Waals surface area contributed by atoms with Gasteiger partial charge in [0.25, 0.3) is 0 Å². The van der Waals surface area contributed by atoms with Crippen molar-refractivity contribution in [2.24, 2.45) is 0 Å². The zero-order chi connectivity index (χ0) is 27.4. The van der Waals surface area contributed by atoms with Gasteiger partial charge in [-0.2, -0.15) is 18.3 Å². The summed E-state index contributed by atoms with van der Waals surface area (Å²) in [6, 6.07) is 20.8. The highest BCUT2D eigenvalue weighted by Gasteiger charge is 2.34. The Morgan fingerprint density at radius 3 is 2.44 bits per heavy atom. The Bertz CT molecular complexity index is 1420. The Morgan fingerprint density at radius 2 is 1.74 bits per heavy atom. The third kappa shape index (κ3) is 6.46. The minimum Gasteiger partial charge on any atom is -0.376 e. The lowest BCUT2D eigenvalue weighted by atomic mass is 10.1. The van der Waals surface area contributed by atoms with Gasteiger partial charge in [0.15, 0.2) is 5.11 Å². The van der Waals surface area contributed by atoms with E-state index in [1.54, 1.807) is 21.7 Å². The molecule has 0 amide bonds. The fourth-order valence-electron chi connectivity index (χ4n) is 4.58. The zero-order valence-corrected chi connectivity index (χ0v) is 21.7. The molecule has 39 heavy (non-hydrogen) atoms. The molecule has 3 aromatic carbocycles. The molecule has 1 atom stereocenters. The summed E-state index contributed by atoms with van der Waals surface area (Å²) < 4.78 is 62.2. The first-order valence-electron chi connectivity index (χ1n) is 12.5. The van der Waals surface area contributed by atoms with E-state index in [0.29, 0.717) is 24.4 Å². The van der Waals surface area contributed by atoms with Crippen LogP contribution in [-0.4, -0.2) is 39.0 Å². The van der Waals surface area contributed by atoms with E-state index in [2.05, 4.69) is 5.32 Å². The van der Waals surface area contributed by atoms with Crippen LogP contribution >= 0.6 is 12.2 Å². The third-order valence-corrected chi connectivity index (χ3v) is 6.86. The molecule has 1 N–H and O–H groups in total. The highest BCUT2D eigenvalue weighted by molar-refractivity contribution is 7.80. The smallest absolute Gasteiger partial charge is 0.376 e. The van der Waals surface area contributed by atoms with Gasteiger partial charge in [0, 0.05) is 37.0 Å². The molecule has 5 rings (SSSR count). The molecule has 1 aliphatic rings. The molecule has 1 aliphatic heterocycles. The summed E-state index contributed by atoms with van der Waals surface area (Å²) >= 11 is 5.67. The van der Waals surface area contributed by atoms with Crippen LogP contribution < -0.4 is 5.32 Å². The second kappa shape index (κ2) is 11.5. The molecular weight excluding hydrogens is 528 g/mol. The van der Waals surface area contributed by atoms with Crippen LogP contribution in [0.25, 0.3) is 16.9 Å². The maximum absolute atomic E-state index is 13.7. The Hall–Kier alpha value is -3.76. The van der Waals surface area contributed by atoms with Gasteiger partial charge < -0.3 is 15.0 Å². The number of nitrogens with zero attached hydrogens (tertiary/aromatic N) is 3. The van der Waals surface area contributed by atoms with Crippen LogP contribution in [0.5, 0.6) is 0 Å². The molecule has 0 bridgehead atoms. The van der Waals surface area contributed by atoms with Gasteiger partial charge in [0.2, 0.25) is 0 Å². The Labute approximate surface area is 229 Å². The van der Waals surface area contributed by atoms with Gasteiger partial charge in [0.1, 0.15) is 5.82 Å². The summed E-state index contributed by atoms with van der Waals surface area (Å²) in [5.74, 6) is -0.364. The molecule has 0 spiro atoms. The maximum Gasteiger partial charge on any atom is 0.418 e. The van der Waals surface area contributed by atoms with E-state index < -0.39 is 11.7 Å². The second-order valence-corrected chi connectivity index (χ2v) is 9.67. The van der Waals surface area contributed by atoms with Gasteiger partial charge in [-0.05, 0) is 73.6 Å². The number of aromatic nitrogens is 2. The number of thiocarbonyl (C=S) groups is 1. The van der Waals surface area contributed by atoms with Crippen molar-refractivity contribution in [1.82, 2.24) is 14.7 Å². The molecule has 10 heteroatoms. The van der Waals surface area contributed by atoms with Crippen LogP contribution in [0.4, 0.5) is 23.2 Å². The fourth-order valence-corrected chi connectivity index (χ4v) is 4.83. The lowest BCUT2D eigenvalue weighted by Gasteiger charge is -2.29. The summed E-state index contributed by atoms with van der Waals surface area (Å²) in [4.78, 5) is 1.80. The van der Waals surface area contributed by atoms with Crippen molar-refractivity contribution in [3.63, 3.8) is 0 Å². The SMILES string of the molecule is Fc1ccc(-c2nn(-c3ccccc3)cc2CN(C[C@@H]2CCCO2)C(=S)Nc2ccccc2C(F)(F)F)cc1.